The van der Waals surface area contributed by atoms with E-state index in [1.54, 1.807) is 0 Å². The first kappa shape index (κ1) is 19.6. The fourth-order valence-electron chi connectivity index (χ4n) is 2.86. The minimum Gasteiger partial charge on any atom is -0.368 e. The SMILES string of the molecule is Cc1ccc(NC(C)(C(=O)NCc2nc(C(C)C)no2)c2ccccc2)cc1. The van der Waals surface area contributed by atoms with Gasteiger partial charge in [0.05, 0.1) is 6.54 Å². The molecule has 2 N–H and O–H groups in total. The van der Waals surface area contributed by atoms with Gasteiger partial charge < -0.3 is 15.2 Å². The standard InChI is InChI=1S/C22H26N4O2/c1-15(2)20-24-19(28-26-20)14-23-21(27)22(4,17-8-6-5-7-9-17)25-18-12-10-16(3)11-13-18/h5-13,15,25H,14H2,1-4H3,(H,23,27). The Morgan fingerprint density at radius 3 is 2.39 bits per heavy atom. The Bertz CT molecular complexity index is 919. The topological polar surface area (TPSA) is 80.0 Å². The van der Waals surface area contributed by atoms with Crippen LogP contribution in [0.5, 0.6) is 0 Å². The van der Waals surface area contributed by atoms with Crippen LogP contribution in [0, 0.1) is 6.92 Å². The van der Waals surface area contributed by atoms with E-state index in [9.17, 15) is 4.79 Å². The molecule has 0 saturated heterocycles. The number of nitrogens with one attached hydrogen (secondary N) is 2. The molecule has 0 aliphatic heterocycles. The average Bonchev–Trinajstić information content (AvgIpc) is 3.18. The van der Waals surface area contributed by atoms with Crippen LogP contribution in [-0.2, 0) is 16.9 Å². The molecule has 6 nitrogen and oxygen atoms in total. The number of hydrogen-bond donors (Lipinski definition) is 2. The van der Waals surface area contributed by atoms with Crippen molar-refractivity contribution in [2.24, 2.45) is 0 Å². The van der Waals surface area contributed by atoms with Crippen LogP contribution in [0.15, 0.2) is 59.1 Å². The highest BCUT2D eigenvalue weighted by atomic mass is 16.5. The number of amides is 1. The van der Waals surface area contributed by atoms with Crippen molar-refractivity contribution >= 4 is 11.6 Å². The Balaban J connectivity index is 1.81. The molecule has 1 unspecified atom stereocenters. The van der Waals surface area contributed by atoms with Crippen molar-refractivity contribution in [3.8, 4) is 0 Å². The summed E-state index contributed by atoms with van der Waals surface area (Å²) < 4.78 is 5.23. The normalized spacial score (nSPS) is 13.2. The molecule has 2 aromatic carbocycles. The zero-order chi connectivity index (χ0) is 20.1. The molecule has 146 valence electrons. The van der Waals surface area contributed by atoms with Crippen molar-refractivity contribution < 1.29 is 9.32 Å². The minimum absolute atomic E-state index is 0.172. The first-order valence-electron chi connectivity index (χ1n) is 9.39. The molecule has 1 atom stereocenters. The Morgan fingerprint density at radius 2 is 1.79 bits per heavy atom. The third kappa shape index (κ3) is 4.39. The minimum atomic E-state index is -0.961. The molecule has 0 fully saturated rings. The molecule has 0 spiro atoms. The van der Waals surface area contributed by atoms with Crippen LogP contribution in [0.1, 0.15) is 49.5 Å². The monoisotopic (exact) mass is 378 g/mol. The van der Waals surface area contributed by atoms with Crippen LogP contribution in [-0.4, -0.2) is 16.0 Å². The molecule has 3 rings (SSSR count). The van der Waals surface area contributed by atoms with E-state index in [2.05, 4.69) is 20.8 Å². The average molecular weight is 378 g/mol. The molecule has 0 bridgehead atoms. The van der Waals surface area contributed by atoms with Gasteiger partial charge in [0, 0.05) is 11.6 Å². The first-order valence-corrected chi connectivity index (χ1v) is 9.39. The third-order valence-corrected chi connectivity index (χ3v) is 4.65. The maximum absolute atomic E-state index is 13.2. The fraction of sp³-hybridized carbons (Fsp3) is 0.318. The third-order valence-electron chi connectivity index (χ3n) is 4.65. The molecule has 3 aromatic rings. The number of anilines is 1. The lowest BCUT2D eigenvalue weighted by atomic mass is 9.90. The second kappa shape index (κ2) is 8.25. The van der Waals surface area contributed by atoms with Gasteiger partial charge in [-0.2, -0.15) is 4.98 Å². The van der Waals surface area contributed by atoms with Crippen LogP contribution >= 0.6 is 0 Å². The Labute approximate surface area is 165 Å². The van der Waals surface area contributed by atoms with Gasteiger partial charge in [0.1, 0.15) is 5.54 Å². The zero-order valence-corrected chi connectivity index (χ0v) is 16.7. The second-order valence-electron chi connectivity index (χ2n) is 7.37. The summed E-state index contributed by atoms with van der Waals surface area (Å²) in [5, 5.41) is 10.2. The highest BCUT2D eigenvalue weighted by molar-refractivity contribution is 5.90. The predicted octanol–water partition coefficient (Wildman–Crippen LogP) is 4.15. The van der Waals surface area contributed by atoms with Crippen molar-refractivity contribution in [2.45, 2.75) is 45.7 Å². The van der Waals surface area contributed by atoms with E-state index in [1.165, 1.54) is 0 Å². The van der Waals surface area contributed by atoms with Gasteiger partial charge in [-0.25, -0.2) is 0 Å². The van der Waals surface area contributed by atoms with Crippen molar-refractivity contribution in [1.29, 1.82) is 0 Å². The molecule has 0 radical (unpaired) electrons. The van der Waals surface area contributed by atoms with Gasteiger partial charge in [-0.05, 0) is 31.5 Å². The summed E-state index contributed by atoms with van der Waals surface area (Å²) in [6, 6.07) is 17.6. The van der Waals surface area contributed by atoms with E-state index in [0.29, 0.717) is 11.7 Å². The van der Waals surface area contributed by atoms with Gasteiger partial charge in [-0.3, -0.25) is 4.79 Å². The zero-order valence-electron chi connectivity index (χ0n) is 16.7. The number of benzene rings is 2. The Morgan fingerprint density at radius 1 is 1.11 bits per heavy atom. The van der Waals surface area contributed by atoms with Crippen molar-refractivity contribution in [3.63, 3.8) is 0 Å². The summed E-state index contributed by atoms with van der Waals surface area (Å²) in [7, 11) is 0. The molecular formula is C22H26N4O2. The molecule has 1 heterocycles. The van der Waals surface area contributed by atoms with Gasteiger partial charge >= 0.3 is 0 Å². The first-order chi connectivity index (χ1) is 13.4. The largest absolute Gasteiger partial charge is 0.368 e. The van der Waals surface area contributed by atoms with Crippen LogP contribution in [0.25, 0.3) is 0 Å². The molecule has 0 saturated carbocycles. The molecule has 6 heteroatoms. The number of aromatic nitrogens is 2. The van der Waals surface area contributed by atoms with E-state index < -0.39 is 5.54 Å². The summed E-state index contributed by atoms with van der Waals surface area (Å²) in [5.41, 5.74) is 1.93. The van der Waals surface area contributed by atoms with Crippen LogP contribution < -0.4 is 10.6 Å². The number of carbonyl (C=O) groups excluding carboxylic acids is 1. The van der Waals surface area contributed by atoms with Crippen molar-refractivity contribution in [1.82, 2.24) is 15.5 Å². The maximum atomic E-state index is 13.2. The van der Waals surface area contributed by atoms with Gasteiger partial charge in [-0.15, -0.1) is 0 Å². The number of carbonyl (C=O) groups is 1. The van der Waals surface area contributed by atoms with Gasteiger partial charge in [-0.1, -0.05) is 67.0 Å². The van der Waals surface area contributed by atoms with Crippen LogP contribution in [0.2, 0.25) is 0 Å². The van der Waals surface area contributed by atoms with E-state index in [4.69, 9.17) is 4.52 Å². The summed E-state index contributed by atoms with van der Waals surface area (Å²) >= 11 is 0. The van der Waals surface area contributed by atoms with Gasteiger partial charge in [0.2, 0.25) is 11.8 Å². The van der Waals surface area contributed by atoms with Crippen LogP contribution in [0.4, 0.5) is 5.69 Å². The lowest BCUT2D eigenvalue weighted by Gasteiger charge is -2.31. The molecule has 28 heavy (non-hydrogen) atoms. The number of rotatable bonds is 7. The molecule has 0 aliphatic rings. The number of aryl methyl sites for hydroxylation is 1. The Hall–Kier alpha value is -3.15. The molecule has 1 aromatic heterocycles. The summed E-state index contributed by atoms with van der Waals surface area (Å²) in [4.78, 5) is 17.5. The maximum Gasteiger partial charge on any atom is 0.250 e. The molecule has 1 amide bonds. The Kier molecular flexibility index (Phi) is 5.78. The second-order valence-corrected chi connectivity index (χ2v) is 7.37. The van der Waals surface area contributed by atoms with Gasteiger partial charge in [0.25, 0.3) is 0 Å². The highest BCUT2D eigenvalue weighted by Crippen LogP contribution is 2.27. The highest BCUT2D eigenvalue weighted by Gasteiger charge is 2.35. The summed E-state index contributed by atoms with van der Waals surface area (Å²) in [6.07, 6.45) is 0. The number of hydrogen-bond acceptors (Lipinski definition) is 5. The van der Waals surface area contributed by atoms with Gasteiger partial charge in [0.15, 0.2) is 5.82 Å². The summed E-state index contributed by atoms with van der Waals surface area (Å²) in [6.45, 7) is 8.06. The van der Waals surface area contributed by atoms with E-state index in [1.807, 2.05) is 82.3 Å². The molecular weight excluding hydrogens is 352 g/mol. The lowest BCUT2D eigenvalue weighted by Crippen LogP contribution is -2.47. The smallest absolute Gasteiger partial charge is 0.250 e. The predicted molar refractivity (Wildman–Crippen MR) is 109 cm³/mol. The lowest BCUT2D eigenvalue weighted by molar-refractivity contribution is -0.125. The summed E-state index contributed by atoms with van der Waals surface area (Å²) in [5.74, 6) is 1.02. The number of nitrogens with zero attached hydrogens (tertiary/aromatic N) is 2. The fourth-order valence-corrected chi connectivity index (χ4v) is 2.86. The van der Waals surface area contributed by atoms with Crippen molar-refractivity contribution in [2.75, 3.05) is 5.32 Å². The molecule has 0 aliphatic carbocycles. The van der Waals surface area contributed by atoms with E-state index >= 15 is 0 Å². The van der Waals surface area contributed by atoms with E-state index in [-0.39, 0.29) is 18.4 Å². The van der Waals surface area contributed by atoms with E-state index in [0.717, 1.165) is 16.8 Å². The van der Waals surface area contributed by atoms with Crippen LogP contribution in [0.3, 0.4) is 0 Å². The quantitative estimate of drug-likeness (QED) is 0.646. The van der Waals surface area contributed by atoms with Crippen molar-refractivity contribution in [3.05, 3.63) is 77.4 Å².